The first-order valence-corrected chi connectivity index (χ1v) is 7.48. The van der Waals surface area contributed by atoms with Crippen molar-refractivity contribution in [1.29, 1.82) is 0 Å². The van der Waals surface area contributed by atoms with E-state index in [9.17, 15) is 5.11 Å². The van der Waals surface area contributed by atoms with Crippen molar-refractivity contribution in [1.82, 2.24) is 5.48 Å². The summed E-state index contributed by atoms with van der Waals surface area (Å²) in [5.74, 6) is 0.724. The van der Waals surface area contributed by atoms with Crippen molar-refractivity contribution in [2.24, 2.45) is 0 Å². The normalized spacial score (nSPS) is 12.1. The Morgan fingerprint density at radius 1 is 1.05 bits per heavy atom. The predicted molar refractivity (Wildman–Crippen MR) is 84.9 cm³/mol. The van der Waals surface area contributed by atoms with E-state index in [1.54, 1.807) is 0 Å². The Balaban J connectivity index is 1.59. The molecule has 0 amide bonds. The van der Waals surface area contributed by atoms with Crippen molar-refractivity contribution in [2.45, 2.75) is 12.7 Å². The Kier molecular flexibility index (Phi) is 6.69. The number of aliphatic hydroxyl groups excluding tert-OH is 1. The van der Waals surface area contributed by atoms with Gasteiger partial charge in [-0.2, -0.15) is 5.48 Å². The summed E-state index contributed by atoms with van der Waals surface area (Å²) in [5.41, 5.74) is 3.82. The number of hydrogen-bond donors (Lipinski definition) is 2. The summed E-state index contributed by atoms with van der Waals surface area (Å²) in [6.07, 6.45) is -0.635. The van der Waals surface area contributed by atoms with E-state index in [1.807, 2.05) is 54.6 Å². The second-order valence-electron chi connectivity index (χ2n) is 4.54. The van der Waals surface area contributed by atoms with Crippen LogP contribution in [0.2, 0.25) is 0 Å². The van der Waals surface area contributed by atoms with Gasteiger partial charge in [0.1, 0.15) is 18.5 Å². The summed E-state index contributed by atoms with van der Waals surface area (Å²) in [6, 6.07) is 17.3. The van der Waals surface area contributed by atoms with Crippen LogP contribution < -0.4 is 10.2 Å². The standard InChI is InChI=1S/C16H18BrNO3/c17-14-6-8-16(9-7-14)20-12-15(19)10-18-21-11-13-4-2-1-3-5-13/h1-9,15,18-19H,10-12H2. The minimum absolute atomic E-state index is 0.212. The zero-order valence-corrected chi connectivity index (χ0v) is 13.1. The van der Waals surface area contributed by atoms with E-state index in [0.29, 0.717) is 13.2 Å². The van der Waals surface area contributed by atoms with Crippen molar-refractivity contribution in [3.8, 4) is 5.75 Å². The van der Waals surface area contributed by atoms with Crippen LogP contribution in [-0.4, -0.2) is 24.4 Å². The first-order valence-electron chi connectivity index (χ1n) is 6.69. The van der Waals surface area contributed by atoms with Gasteiger partial charge in [0.25, 0.3) is 0 Å². The highest BCUT2D eigenvalue weighted by Crippen LogP contribution is 2.16. The molecule has 1 unspecified atom stereocenters. The molecule has 0 aliphatic heterocycles. The van der Waals surface area contributed by atoms with Crippen molar-refractivity contribution >= 4 is 15.9 Å². The lowest BCUT2D eigenvalue weighted by Gasteiger charge is -2.13. The van der Waals surface area contributed by atoms with Crippen LogP contribution in [0.15, 0.2) is 59.1 Å². The van der Waals surface area contributed by atoms with Gasteiger partial charge in [0, 0.05) is 4.47 Å². The van der Waals surface area contributed by atoms with Gasteiger partial charge in [-0.3, -0.25) is 4.84 Å². The van der Waals surface area contributed by atoms with Gasteiger partial charge in [-0.25, -0.2) is 0 Å². The largest absolute Gasteiger partial charge is 0.491 e. The molecule has 0 aliphatic rings. The van der Waals surface area contributed by atoms with E-state index in [1.165, 1.54) is 0 Å². The number of nitrogens with one attached hydrogen (secondary N) is 1. The van der Waals surface area contributed by atoms with Crippen molar-refractivity contribution in [2.75, 3.05) is 13.2 Å². The summed E-state index contributed by atoms with van der Waals surface area (Å²) in [6.45, 7) is 0.980. The lowest BCUT2D eigenvalue weighted by Crippen LogP contribution is -2.31. The fourth-order valence-electron chi connectivity index (χ4n) is 1.65. The molecule has 112 valence electrons. The lowest BCUT2D eigenvalue weighted by molar-refractivity contribution is -0.00596. The van der Waals surface area contributed by atoms with Gasteiger partial charge in [-0.15, -0.1) is 0 Å². The molecule has 0 radical (unpaired) electrons. The molecule has 5 heteroatoms. The molecule has 0 bridgehead atoms. The number of rotatable bonds is 8. The third-order valence-electron chi connectivity index (χ3n) is 2.76. The van der Waals surface area contributed by atoms with Crippen LogP contribution in [-0.2, 0) is 11.4 Å². The van der Waals surface area contributed by atoms with E-state index in [4.69, 9.17) is 9.57 Å². The molecule has 0 heterocycles. The molecule has 21 heavy (non-hydrogen) atoms. The van der Waals surface area contributed by atoms with E-state index in [-0.39, 0.29) is 6.61 Å². The predicted octanol–water partition coefficient (Wildman–Crippen LogP) is 2.91. The molecule has 2 rings (SSSR count). The number of halogens is 1. The second-order valence-corrected chi connectivity index (χ2v) is 5.46. The zero-order valence-electron chi connectivity index (χ0n) is 11.5. The van der Waals surface area contributed by atoms with Gasteiger partial charge in [0.05, 0.1) is 13.2 Å². The van der Waals surface area contributed by atoms with Crippen LogP contribution in [0.5, 0.6) is 5.75 Å². The number of hydrogen-bond acceptors (Lipinski definition) is 4. The molecule has 0 aliphatic carbocycles. The lowest BCUT2D eigenvalue weighted by atomic mass is 10.2. The Bertz CT molecular complexity index is 519. The SMILES string of the molecule is OC(CNOCc1ccccc1)COc1ccc(Br)cc1. The molecular weight excluding hydrogens is 334 g/mol. The number of hydroxylamine groups is 1. The van der Waals surface area contributed by atoms with Crippen molar-refractivity contribution < 1.29 is 14.7 Å². The molecule has 2 N–H and O–H groups in total. The Hall–Kier alpha value is -1.40. The first kappa shape index (κ1) is 16.0. The average Bonchev–Trinajstić information content (AvgIpc) is 2.52. The molecule has 0 saturated heterocycles. The first-order chi connectivity index (χ1) is 10.2. The Labute approximate surface area is 132 Å². The third-order valence-corrected chi connectivity index (χ3v) is 3.29. The third kappa shape index (κ3) is 6.27. The highest BCUT2D eigenvalue weighted by atomic mass is 79.9. The molecule has 0 saturated carbocycles. The van der Waals surface area contributed by atoms with Gasteiger partial charge in [0.15, 0.2) is 0 Å². The second kappa shape index (κ2) is 8.79. The fourth-order valence-corrected chi connectivity index (χ4v) is 1.91. The molecular formula is C16H18BrNO3. The monoisotopic (exact) mass is 351 g/mol. The molecule has 1 atom stereocenters. The van der Waals surface area contributed by atoms with Crippen molar-refractivity contribution in [3.63, 3.8) is 0 Å². The molecule has 0 fully saturated rings. The molecule has 2 aromatic rings. The highest BCUT2D eigenvalue weighted by molar-refractivity contribution is 9.10. The fraction of sp³-hybridized carbons (Fsp3) is 0.250. The summed E-state index contributed by atoms with van der Waals surface area (Å²) >= 11 is 3.36. The van der Waals surface area contributed by atoms with Gasteiger partial charge >= 0.3 is 0 Å². The topological polar surface area (TPSA) is 50.7 Å². The molecule has 0 aromatic heterocycles. The summed E-state index contributed by atoms with van der Waals surface area (Å²) < 4.78 is 6.46. The van der Waals surface area contributed by atoms with Crippen LogP contribution in [0.3, 0.4) is 0 Å². The van der Waals surface area contributed by atoms with Gasteiger partial charge < -0.3 is 9.84 Å². The average molecular weight is 352 g/mol. The smallest absolute Gasteiger partial charge is 0.119 e. The maximum absolute atomic E-state index is 9.79. The van der Waals surface area contributed by atoms with Crippen LogP contribution in [0.25, 0.3) is 0 Å². The minimum Gasteiger partial charge on any atom is -0.491 e. The van der Waals surface area contributed by atoms with Gasteiger partial charge in [-0.1, -0.05) is 46.3 Å². The molecule has 0 spiro atoms. The van der Waals surface area contributed by atoms with E-state index in [2.05, 4.69) is 21.4 Å². The van der Waals surface area contributed by atoms with Gasteiger partial charge in [-0.05, 0) is 29.8 Å². The van der Waals surface area contributed by atoms with E-state index < -0.39 is 6.10 Å². The summed E-state index contributed by atoms with van der Waals surface area (Å²) in [4.78, 5) is 5.29. The number of benzene rings is 2. The van der Waals surface area contributed by atoms with Crippen LogP contribution in [0.1, 0.15) is 5.56 Å². The Morgan fingerprint density at radius 3 is 2.48 bits per heavy atom. The van der Waals surface area contributed by atoms with Crippen molar-refractivity contribution in [3.05, 3.63) is 64.6 Å². The van der Waals surface area contributed by atoms with E-state index in [0.717, 1.165) is 15.8 Å². The molecule has 4 nitrogen and oxygen atoms in total. The quantitative estimate of drug-likeness (QED) is 0.567. The Morgan fingerprint density at radius 2 is 1.76 bits per heavy atom. The molecule has 2 aromatic carbocycles. The van der Waals surface area contributed by atoms with Crippen LogP contribution in [0, 0.1) is 0 Å². The number of ether oxygens (including phenoxy) is 1. The number of aliphatic hydroxyl groups is 1. The van der Waals surface area contributed by atoms with Crippen LogP contribution in [0.4, 0.5) is 0 Å². The summed E-state index contributed by atoms with van der Waals surface area (Å²) in [5, 5.41) is 9.79. The maximum atomic E-state index is 9.79. The zero-order chi connectivity index (χ0) is 14.9. The van der Waals surface area contributed by atoms with E-state index >= 15 is 0 Å². The maximum Gasteiger partial charge on any atom is 0.119 e. The summed E-state index contributed by atoms with van der Waals surface area (Å²) in [7, 11) is 0. The minimum atomic E-state index is -0.635. The van der Waals surface area contributed by atoms with Crippen LogP contribution >= 0.6 is 15.9 Å². The van der Waals surface area contributed by atoms with Gasteiger partial charge in [0.2, 0.25) is 0 Å². The highest BCUT2D eigenvalue weighted by Gasteiger charge is 2.05.